The molecule has 1 aromatic heterocycles. The predicted octanol–water partition coefficient (Wildman–Crippen LogP) is 3.75. The monoisotopic (exact) mass is 293 g/mol. The second-order valence-electron chi connectivity index (χ2n) is 5.60. The first kappa shape index (κ1) is 14.3. The van der Waals surface area contributed by atoms with Gasteiger partial charge in [-0.2, -0.15) is 0 Å². The van der Waals surface area contributed by atoms with E-state index < -0.39 is 0 Å². The molecule has 0 saturated heterocycles. The number of amides is 1. The van der Waals surface area contributed by atoms with Crippen LogP contribution in [0, 0.1) is 13.8 Å². The Kier molecular flexibility index (Phi) is 3.92. The first-order chi connectivity index (χ1) is 10.6. The molecule has 0 saturated carbocycles. The highest BCUT2D eigenvalue weighted by Gasteiger charge is 2.05. The fourth-order valence-corrected chi connectivity index (χ4v) is 2.44. The number of anilines is 1. The van der Waals surface area contributed by atoms with Gasteiger partial charge in [-0.05, 0) is 61.2 Å². The normalized spacial score (nSPS) is 10.8. The largest absolute Gasteiger partial charge is 0.345 e. The van der Waals surface area contributed by atoms with E-state index in [0.717, 1.165) is 22.3 Å². The minimum atomic E-state index is 0.0351. The van der Waals surface area contributed by atoms with Gasteiger partial charge in [0.05, 0.1) is 17.4 Å². The fraction of sp³-hybridized carbons (Fsp3) is 0.222. The fourth-order valence-electron chi connectivity index (χ4n) is 2.44. The highest BCUT2D eigenvalue weighted by atomic mass is 16.1. The zero-order chi connectivity index (χ0) is 15.5. The van der Waals surface area contributed by atoms with Crippen molar-refractivity contribution >= 4 is 22.6 Å². The zero-order valence-electron chi connectivity index (χ0n) is 12.8. The summed E-state index contributed by atoms with van der Waals surface area (Å²) in [6, 6.07) is 12.0. The van der Waals surface area contributed by atoms with Crippen molar-refractivity contribution in [1.29, 1.82) is 0 Å². The van der Waals surface area contributed by atoms with Crippen molar-refractivity contribution in [2.75, 3.05) is 5.32 Å². The lowest BCUT2D eigenvalue weighted by molar-refractivity contribution is -0.116. The Balaban J connectivity index is 1.60. The molecule has 3 rings (SSSR count). The minimum Gasteiger partial charge on any atom is -0.345 e. The Morgan fingerprint density at radius 1 is 1.14 bits per heavy atom. The second kappa shape index (κ2) is 6.02. The molecular weight excluding hydrogens is 274 g/mol. The van der Waals surface area contributed by atoms with Gasteiger partial charge < -0.3 is 10.3 Å². The van der Waals surface area contributed by atoms with Gasteiger partial charge in [-0.1, -0.05) is 12.1 Å². The number of fused-ring (bicyclic) bond motifs is 1. The number of carbonyl (C=O) groups excluding carboxylic acids is 1. The van der Waals surface area contributed by atoms with Crippen LogP contribution in [0.1, 0.15) is 23.1 Å². The van der Waals surface area contributed by atoms with E-state index in [1.54, 1.807) is 6.33 Å². The molecule has 0 bridgehead atoms. The summed E-state index contributed by atoms with van der Waals surface area (Å²) in [5.41, 5.74) is 6.35. The summed E-state index contributed by atoms with van der Waals surface area (Å²) in [6.07, 6.45) is 2.86. The van der Waals surface area contributed by atoms with E-state index in [-0.39, 0.29) is 5.91 Å². The molecule has 0 radical (unpaired) electrons. The van der Waals surface area contributed by atoms with Crippen LogP contribution in [0.15, 0.2) is 42.7 Å². The molecule has 3 aromatic rings. The van der Waals surface area contributed by atoms with Crippen LogP contribution in [0.2, 0.25) is 0 Å². The molecule has 0 aliphatic rings. The van der Waals surface area contributed by atoms with Crippen molar-refractivity contribution in [1.82, 2.24) is 9.97 Å². The lowest BCUT2D eigenvalue weighted by Crippen LogP contribution is -2.12. The van der Waals surface area contributed by atoms with Crippen LogP contribution in [-0.4, -0.2) is 15.9 Å². The number of carbonyl (C=O) groups is 1. The highest BCUT2D eigenvalue weighted by Crippen LogP contribution is 2.16. The van der Waals surface area contributed by atoms with Crippen LogP contribution in [0.3, 0.4) is 0 Å². The van der Waals surface area contributed by atoms with E-state index in [4.69, 9.17) is 0 Å². The average molecular weight is 293 g/mol. The van der Waals surface area contributed by atoms with Gasteiger partial charge in [-0.25, -0.2) is 4.98 Å². The van der Waals surface area contributed by atoms with Gasteiger partial charge >= 0.3 is 0 Å². The van der Waals surface area contributed by atoms with Crippen molar-refractivity contribution in [3.8, 4) is 0 Å². The maximum absolute atomic E-state index is 12.1. The summed E-state index contributed by atoms with van der Waals surface area (Å²) in [5.74, 6) is 0.0351. The molecule has 0 atom stereocenters. The SMILES string of the molecule is Cc1ccc(NC(=O)CCc2ccc3nc[nH]c3c2)cc1C. The van der Waals surface area contributed by atoms with Crippen LogP contribution >= 0.6 is 0 Å². The van der Waals surface area contributed by atoms with E-state index >= 15 is 0 Å². The predicted molar refractivity (Wildman–Crippen MR) is 89.0 cm³/mol. The van der Waals surface area contributed by atoms with Crippen LogP contribution < -0.4 is 5.32 Å². The van der Waals surface area contributed by atoms with Gasteiger partial charge in [-0.3, -0.25) is 4.79 Å². The number of aromatic nitrogens is 2. The smallest absolute Gasteiger partial charge is 0.224 e. The third-order valence-corrected chi connectivity index (χ3v) is 3.92. The molecule has 1 amide bonds. The number of H-pyrrole nitrogens is 1. The lowest BCUT2D eigenvalue weighted by atomic mass is 10.1. The Hall–Kier alpha value is -2.62. The Morgan fingerprint density at radius 3 is 2.82 bits per heavy atom. The molecule has 2 aromatic carbocycles. The molecule has 0 aliphatic carbocycles. The molecule has 22 heavy (non-hydrogen) atoms. The van der Waals surface area contributed by atoms with Crippen molar-refractivity contribution in [3.63, 3.8) is 0 Å². The van der Waals surface area contributed by atoms with Gasteiger partial charge in [0.2, 0.25) is 5.91 Å². The molecule has 2 N–H and O–H groups in total. The molecule has 0 unspecified atom stereocenters. The molecule has 112 valence electrons. The van der Waals surface area contributed by atoms with Crippen LogP contribution in [0.4, 0.5) is 5.69 Å². The molecule has 0 aliphatic heterocycles. The zero-order valence-corrected chi connectivity index (χ0v) is 12.8. The van der Waals surface area contributed by atoms with Crippen molar-refractivity contribution < 1.29 is 4.79 Å². The van der Waals surface area contributed by atoms with Crippen LogP contribution in [0.25, 0.3) is 11.0 Å². The Bertz CT molecular complexity index is 820. The highest BCUT2D eigenvalue weighted by molar-refractivity contribution is 5.91. The lowest BCUT2D eigenvalue weighted by Gasteiger charge is -2.08. The van der Waals surface area contributed by atoms with E-state index in [1.807, 2.05) is 43.3 Å². The van der Waals surface area contributed by atoms with Crippen molar-refractivity contribution in [2.45, 2.75) is 26.7 Å². The minimum absolute atomic E-state index is 0.0351. The quantitative estimate of drug-likeness (QED) is 0.769. The number of imidazole rings is 1. The number of hydrogen-bond acceptors (Lipinski definition) is 2. The van der Waals surface area contributed by atoms with Gasteiger partial charge in [0.1, 0.15) is 0 Å². The van der Waals surface area contributed by atoms with Crippen LogP contribution in [-0.2, 0) is 11.2 Å². The summed E-state index contributed by atoms with van der Waals surface area (Å²) in [4.78, 5) is 19.3. The molecule has 1 heterocycles. The summed E-state index contributed by atoms with van der Waals surface area (Å²) in [7, 11) is 0. The second-order valence-corrected chi connectivity index (χ2v) is 5.60. The number of nitrogens with one attached hydrogen (secondary N) is 2. The van der Waals surface area contributed by atoms with E-state index in [2.05, 4.69) is 22.2 Å². The average Bonchev–Trinajstić information content (AvgIpc) is 2.96. The van der Waals surface area contributed by atoms with Gasteiger partial charge in [-0.15, -0.1) is 0 Å². The summed E-state index contributed by atoms with van der Waals surface area (Å²) >= 11 is 0. The molecule has 4 heteroatoms. The summed E-state index contributed by atoms with van der Waals surface area (Å²) in [6.45, 7) is 4.11. The number of rotatable bonds is 4. The third kappa shape index (κ3) is 3.17. The standard InChI is InChI=1S/C18H19N3O/c1-12-3-6-15(9-13(12)2)21-18(22)8-5-14-4-7-16-17(10-14)20-11-19-16/h3-4,6-7,9-11H,5,8H2,1-2H3,(H,19,20)(H,21,22). The molecular formula is C18H19N3O. The molecule has 4 nitrogen and oxygen atoms in total. The summed E-state index contributed by atoms with van der Waals surface area (Å²) in [5, 5.41) is 2.95. The number of benzene rings is 2. The maximum atomic E-state index is 12.1. The van der Waals surface area contributed by atoms with E-state index in [0.29, 0.717) is 12.8 Å². The number of hydrogen-bond donors (Lipinski definition) is 2. The first-order valence-electron chi connectivity index (χ1n) is 7.41. The van der Waals surface area contributed by atoms with Crippen molar-refractivity contribution in [2.24, 2.45) is 0 Å². The van der Waals surface area contributed by atoms with E-state index in [9.17, 15) is 4.79 Å². The van der Waals surface area contributed by atoms with Crippen molar-refractivity contribution in [3.05, 3.63) is 59.4 Å². The Labute approximate surface area is 129 Å². The number of aryl methyl sites for hydroxylation is 3. The van der Waals surface area contributed by atoms with Gasteiger partial charge in [0.25, 0.3) is 0 Å². The topological polar surface area (TPSA) is 57.8 Å². The molecule has 0 spiro atoms. The van der Waals surface area contributed by atoms with Gasteiger partial charge in [0.15, 0.2) is 0 Å². The third-order valence-electron chi connectivity index (χ3n) is 3.92. The maximum Gasteiger partial charge on any atom is 0.224 e. The first-order valence-corrected chi connectivity index (χ1v) is 7.41. The number of nitrogens with zero attached hydrogens (tertiary/aromatic N) is 1. The van der Waals surface area contributed by atoms with Gasteiger partial charge in [0, 0.05) is 12.1 Å². The Morgan fingerprint density at radius 2 is 2.00 bits per heavy atom. The van der Waals surface area contributed by atoms with E-state index in [1.165, 1.54) is 11.1 Å². The number of aromatic amines is 1. The summed E-state index contributed by atoms with van der Waals surface area (Å²) < 4.78 is 0. The molecule has 0 fully saturated rings. The van der Waals surface area contributed by atoms with Crippen LogP contribution in [0.5, 0.6) is 0 Å².